The quantitative estimate of drug-likeness (QED) is 0.242. The summed E-state index contributed by atoms with van der Waals surface area (Å²) in [5.41, 5.74) is 3.80. The Bertz CT molecular complexity index is 1750. The van der Waals surface area contributed by atoms with E-state index in [2.05, 4.69) is 108 Å². The van der Waals surface area contributed by atoms with E-state index in [4.69, 9.17) is 0 Å². The molecule has 0 atom stereocenters. The number of rotatable bonds is 0. The van der Waals surface area contributed by atoms with Crippen molar-refractivity contribution < 1.29 is 0 Å². The Morgan fingerprint density at radius 1 is 0.379 bits per heavy atom. The Morgan fingerprint density at radius 3 is 1.83 bits per heavy atom. The SMILES string of the molecule is c1ccc2c(c1)ccc1c2cc2c3ccc4ccccc4c3c3ccccc3n12. The minimum Gasteiger partial charge on any atom is -0.309 e. The lowest BCUT2D eigenvalue weighted by atomic mass is 9.98. The minimum atomic E-state index is 1.26. The molecular weight excluding hydrogens is 350 g/mol. The van der Waals surface area contributed by atoms with Crippen molar-refractivity contribution in [1.29, 1.82) is 0 Å². The summed E-state index contributed by atoms with van der Waals surface area (Å²) in [5, 5.41) is 10.5. The summed E-state index contributed by atoms with van der Waals surface area (Å²) >= 11 is 0. The number of pyridine rings is 1. The van der Waals surface area contributed by atoms with E-state index in [0.717, 1.165) is 0 Å². The molecule has 134 valence electrons. The molecule has 2 aromatic heterocycles. The smallest absolute Gasteiger partial charge is 0.0547 e. The van der Waals surface area contributed by atoms with Crippen molar-refractivity contribution in [2.45, 2.75) is 0 Å². The average Bonchev–Trinajstić information content (AvgIpc) is 3.19. The van der Waals surface area contributed by atoms with Crippen LogP contribution >= 0.6 is 0 Å². The lowest BCUT2D eigenvalue weighted by molar-refractivity contribution is 1.35. The second-order valence-corrected chi connectivity index (χ2v) is 7.81. The van der Waals surface area contributed by atoms with E-state index in [1.165, 1.54) is 59.6 Å². The van der Waals surface area contributed by atoms with Gasteiger partial charge in [0.1, 0.15) is 0 Å². The molecule has 0 unspecified atom stereocenters. The van der Waals surface area contributed by atoms with Gasteiger partial charge in [-0.3, -0.25) is 0 Å². The van der Waals surface area contributed by atoms with Gasteiger partial charge < -0.3 is 4.40 Å². The second-order valence-electron chi connectivity index (χ2n) is 7.81. The molecule has 1 nitrogen and oxygen atoms in total. The van der Waals surface area contributed by atoms with E-state index in [1.807, 2.05) is 0 Å². The van der Waals surface area contributed by atoms with E-state index in [9.17, 15) is 0 Å². The van der Waals surface area contributed by atoms with Crippen LogP contribution in [0.15, 0.2) is 103 Å². The molecule has 0 aliphatic rings. The van der Waals surface area contributed by atoms with Gasteiger partial charge in [-0.1, -0.05) is 84.9 Å². The van der Waals surface area contributed by atoms with Crippen LogP contribution in [0.3, 0.4) is 0 Å². The normalized spacial score (nSPS) is 12.1. The highest BCUT2D eigenvalue weighted by atomic mass is 14.9. The molecule has 0 aliphatic carbocycles. The standard InChI is InChI=1S/C28H17N/c1-3-9-20-18(7-1)14-16-26-24(20)17-27-23-15-13-19-8-2-4-10-21(19)28(23)22-11-5-6-12-25(22)29(26)27/h1-17H. The zero-order valence-corrected chi connectivity index (χ0v) is 15.8. The minimum absolute atomic E-state index is 1.26. The summed E-state index contributed by atoms with van der Waals surface area (Å²) < 4.78 is 2.44. The summed E-state index contributed by atoms with van der Waals surface area (Å²) in [6, 6.07) is 37.6. The summed E-state index contributed by atoms with van der Waals surface area (Å²) in [4.78, 5) is 0. The maximum absolute atomic E-state index is 2.44. The predicted octanol–water partition coefficient (Wildman–Crippen LogP) is 7.71. The van der Waals surface area contributed by atoms with Crippen molar-refractivity contribution in [1.82, 2.24) is 4.40 Å². The van der Waals surface area contributed by atoms with Crippen LogP contribution in [0.5, 0.6) is 0 Å². The zero-order chi connectivity index (χ0) is 18.9. The lowest BCUT2D eigenvalue weighted by Crippen LogP contribution is -1.91. The Labute approximate surface area is 167 Å². The predicted molar refractivity (Wildman–Crippen MR) is 125 cm³/mol. The molecule has 7 rings (SSSR count). The molecule has 1 heteroatoms. The van der Waals surface area contributed by atoms with Crippen LogP contribution < -0.4 is 0 Å². The van der Waals surface area contributed by atoms with Crippen molar-refractivity contribution in [2.75, 3.05) is 0 Å². The maximum atomic E-state index is 2.44. The monoisotopic (exact) mass is 367 g/mol. The van der Waals surface area contributed by atoms with Crippen LogP contribution in [0.1, 0.15) is 0 Å². The fourth-order valence-electron chi connectivity index (χ4n) is 5.07. The van der Waals surface area contributed by atoms with Crippen molar-refractivity contribution >= 4 is 59.6 Å². The molecule has 0 saturated heterocycles. The topological polar surface area (TPSA) is 4.41 Å². The van der Waals surface area contributed by atoms with Gasteiger partial charge in [0.25, 0.3) is 0 Å². The van der Waals surface area contributed by atoms with Crippen LogP contribution in [0, 0.1) is 0 Å². The first-order valence-corrected chi connectivity index (χ1v) is 10.1. The first-order valence-electron chi connectivity index (χ1n) is 10.1. The summed E-state index contributed by atoms with van der Waals surface area (Å²) in [5.74, 6) is 0. The number of para-hydroxylation sites is 1. The van der Waals surface area contributed by atoms with E-state index in [1.54, 1.807) is 0 Å². The number of aromatic nitrogens is 1. The number of nitrogens with zero attached hydrogens (tertiary/aromatic N) is 1. The van der Waals surface area contributed by atoms with E-state index in [0.29, 0.717) is 0 Å². The van der Waals surface area contributed by atoms with Crippen molar-refractivity contribution in [2.24, 2.45) is 0 Å². The number of hydrogen-bond donors (Lipinski definition) is 0. The zero-order valence-electron chi connectivity index (χ0n) is 15.8. The van der Waals surface area contributed by atoms with Crippen LogP contribution in [0.2, 0.25) is 0 Å². The molecule has 0 aliphatic heterocycles. The van der Waals surface area contributed by atoms with E-state index >= 15 is 0 Å². The van der Waals surface area contributed by atoms with Gasteiger partial charge in [0, 0.05) is 21.5 Å². The van der Waals surface area contributed by atoms with E-state index in [-0.39, 0.29) is 0 Å². The number of hydrogen-bond acceptors (Lipinski definition) is 0. The highest BCUT2D eigenvalue weighted by Gasteiger charge is 2.15. The van der Waals surface area contributed by atoms with Crippen molar-refractivity contribution in [3.8, 4) is 0 Å². The van der Waals surface area contributed by atoms with Crippen LogP contribution in [-0.4, -0.2) is 4.40 Å². The maximum Gasteiger partial charge on any atom is 0.0547 e. The molecule has 7 aromatic rings. The van der Waals surface area contributed by atoms with Crippen LogP contribution in [-0.2, 0) is 0 Å². The molecule has 0 N–H and O–H groups in total. The van der Waals surface area contributed by atoms with Crippen LogP contribution in [0.4, 0.5) is 0 Å². The molecular formula is C28H17N. The summed E-state index contributed by atoms with van der Waals surface area (Å²) in [6.45, 7) is 0. The van der Waals surface area contributed by atoms with Gasteiger partial charge in [-0.25, -0.2) is 0 Å². The molecule has 0 saturated carbocycles. The number of fused-ring (bicyclic) bond motifs is 12. The fraction of sp³-hybridized carbons (Fsp3) is 0. The van der Waals surface area contributed by atoms with Gasteiger partial charge in [0.15, 0.2) is 0 Å². The molecule has 0 spiro atoms. The lowest BCUT2D eigenvalue weighted by Gasteiger charge is -2.12. The molecule has 0 fully saturated rings. The van der Waals surface area contributed by atoms with Gasteiger partial charge in [0.05, 0.1) is 16.6 Å². The first-order chi connectivity index (χ1) is 14.4. The highest BCUT2D eigenvalue weighted by Crippen LogP contribution is 2.39. The van der Waals surface area contributed by atoms with Crippen molar-refractivity contribution in [3.63, 3.8) is 0 Å². The van der Waals surface area contributed by atoms with E-state index < -0.39 is 0 Å². The van der Waals surface area contributed by atoms with Gasteiger partial charge in [-0.2, -0.15) is 0 Å². The Morgan fingerprint density at radius 2 is 0.966 bits per heavy atom. The van der Waals surface area contributed by atoms with Crippen LogP contribution in [0.25, 0.3) is 59.6 Å². The van der Waals surface area contributed by atoms with Gasteiger partial charge >= 0.3 is 0 Å². The summed E-state index contributed by atoms with van der Waals surface area (Å²) in [6.07, 6.45) is 0. The fourth-order valence-corrected chi connectivity index (χ4v) is 5.07. The third-order valence-electron chi connectivity index (χ3n) is 6.33. The van der Waals surface area contributed by atoms with Gasteiger partial charge in [-0.05, 0) is 39.7 Å². The largest absolute Gasteiger partial charge is 0.309 e. The number of benzene rings is 5. The third kappa shape index (κ3) is 1.89. The van der Waals surface area contributed by atoms with Gasteiger partial charge in [-0.15, -0.1) is 0 Å². The second kappa shape index (κ2) is 5.36. The molecule has 0 bridgehead atoms. The Balaban J connectivity index is 1.86. The molecule has 0 amide bonds. The highest BCUT2D eigenvalue weighted by molar-refractivity contribution is 6.25. The first kappa shape index (κ1) is 15.1. The molecule has 29 heavy (non-hydrogen) atoms. The van der Waals surface area contributed by atoms with Gasteiger partial charge in [0.2, 0.25) is 0 Å². The summed E-state index contributed by atoms with van der Waals surface area (Å²) in [7, 11) is 0. The molecule has 0 radical (unpaired) electrons. The third-order valence-corrected chi connectivity index (χ3v) is 6.33. The average molecular weight is 367 g/mol. The molecule has 2 heterocycles. The van der Waals surface area contributed by atoms with Crippen molar-refractivity contribution in [3.05, 3.63) is 103 Å². The Kier molecular flexibility index (Phi) is 2.80. The molecule has 5 aromatic carbocycles. The Hall–Kier alpha value is -3.84.